The number of fused-ring (bicyclic) bond motifs is 1. The lowest BCUT2D eigenvalue weighted by molar-refractivity contribution is 0.104. The van der Waals surface area contributed by atoms with Crippen molar-refractivity contribution >= 4 is 11.7 Å². The van der Waals surface area contributed by atoms with E-state index < -0.39 is 0 Å². The average molecular weight is 314 g/mol. The number of carbonyl (C=O) groups is 1. The number of rotatable bonds is 5. The van der Waals surface area contributed by atoms with Crippen molar-refractivity contribution in [1.82, 2.24) is 5.32 Å². The fourth-order valence-electron chi connectivity index (χ4n) is 2.34. The normalized spacial score (nSPS) is 13.4. The van der Waals surface area contributed by atoms with Crippen molar-refractivity contribution in [3.63, 3.8) is 0 Å². The van der Waals surface area contributed by atoms with Crippen LogP contribution >= 0.6 is 0 Å². The summed E-state index contributed by atoms with van der Waals surface area (Å²) in [5.74, 6) is 1.31. The van der Waals surface area contributed by atoms with Crippen LogP contribution in [0.1, 0.15) is 11.7 Å². The number of carbonyl (C=O) groups excluding carboxylic acids is 1. The zero-order valence-corrected chi connectivity index (χ0v) is 12.7. The monoisotopic (exact) mass is 314 g/mol. The lowest BCUT2D eigenvalue weighted by atomic mass is 10.1. The van der Waals surface area contributed by atoms with Gasteiger partial charge in [0.1, 0.15) is 0 Å². The number of anilines is 1. The molecule has 1 heterocycles. The van der Waals surface area contributed by atoms with Gasteiger partial charge in [-0.15, -0.1) is 0 Å². The van der Waals surface area contributed by atoms with Crippen molar-refractivity contribution in [2.45, 2.75) is 6.10 Å². The minimum atomic E-state index is -0.304. The second kappa shape index (κ2) is 7.02. The second-order valence-corrected chi connectivity index (χ2v) is 5.04. The summed E-state index contributed by atoms with van der Waals surface area (Å²) in [7, 11) is 1.62. The maximum Gasteiger partial charge on any atom is 0.319 e. The van der Waals surface area contributed by atoms with Crippen molar-refractivity contribution in [2.75, 3.05) is 25.8 Å². The quantitative estimate of drug-likeness (QED) is 0.890. The van der Waals surface area contributed by atoms with Crippen LogP contribution in [0.25, 0.3) is 0 Å². The van der Waals surface area contributed by atoms with Gasteiger partial charge in [0.05, 0.1) is 6.10 Å². The van der Waals surface area contributed by atoms with E-state index in [9.17, 15) is 4.79 Å². The molecule has 3 rings (SSSR count). The lowest BCUT2D eigenvalue weighted by Gasteiger charge is -2.16. The molecule has 0 saturated heterocycles. The van der Waals surface area contributed by atoms with Crippen molar-refractivity contribution < 1.29 is 19.0 Å². The maximum atomic E-state index is 12.0. The highest BCUT2D eigenvalue weighted by Crippen LogP contribution is 2.34. The molecule has 0 radical (unpaired) electrons. The van der Waals surface area contributed by atoms with E-state index in [0.29, 0.717) is 23.7 Å². The fraction of sp³-hybridized carbons (Fsp3) is 0.235. The summed E-state index contributed by atoms with van der Waals surface area (Å²) in [4.78, 5) is 12.0. The predicted octanol–water partition coefficient (Wildman–Crippen LogP) is 2.92. The molecule has 0 aromatic heterocycles. The van der Waals surface area contributed by atoms with E-state index in [2.05, 4.69) is 10.6 Å². The van der Waals surface area contributed by atoms with Gasteiger partial charge in [-0.2, -0.15) is 0 Å². The number of benzene rings is 2. The Morgan fingerprint density at radius 2 is 1.96 bits per heavy atom. The van der Waals surface area contributed by atoms with Crippen LogP contribution in [-0.2, 0) is 4.74 Å². The summed E-state index contributed by atoms with van der Waals surface area (Å²) in [6.07, 6.45) is -0.196. The maximum absolute atomic E-state index is 12.0. The molecule has 0 saturated carbocycles. The van der Waals surface area contributed by atoms with Gasteiger partial charge in [0.15, 0.2) is 11.5 Å². The van der Waals surface area contributed by atoms with Gasteiger partial charge >= 0.3 is 6.03 Å². The SMILES string of the molecule is COC(CNC(=O)Nc1ccc2c(c1)OCO2)c1ccccc1. The van der Waals surface area contributed by atoms with Crippen LogP contribution in [-0.4, -0.2) is 26.5 Å². The smallest absolute Gasteiger partial charge is 0.319 e. The van der Waals surface area contributed by atoms with E-state index in [1.807, 2.05) is 30.3 Å². The van der Waals surface area contributed by atoms with Crippen LogP contribution in [0.3, 0.4) is 0 Å². The molecule has 120 valence electrons. The molecule has 1 unspecified atom stereocenters. The first-order valence-corrected chi connectivity index (χ1v) is 7.28. The van der Waals surface area contributed by atoms with Gasteiger partial charge in [-0.1, -0.05) is 30.3 Å². The van der Waals surface area contributed by atoms with E-state index in [1.54, 1.807) is 25.3 Å². The van der Waals surface area contributed by atoms with Crippen LogP contribution in [0.4, 0.5) is 10.5 Å². The largest absolute Gasteiger partial charge is 0.454 e. The molecule has 6 nitrogen and oxygen atoms in total. The molecule has 1 atom stereocenters. The van der Waals surface area contributed by atoms with Crippen LogP contribution in [0.5, 0.6) is 11.5 Å². The predicted molar refractivity (Wildman–Crippen MR) is 85.8 cm³/mol. The van der Waals surface area contributed by atoms with E-state index in [0.717, 1.165) is 5.56 Å². The second-order valence-electron chi connectivity index (χ2n) is 5.04. The molecule has 1 aliphatic rings. The topological polar surface area (TPSA) is 68.8 Å². The Hall–Kier alpha value is -2.73. The molecular formula is C17H18N2O4. The van der Waals surface area contributed by atoms with Crippen LogP contribution in [0.2, 0.25) is 0 Å². The number of urea groups is 1. The molecule has 0 spiro atoms. The number of methoxy groups -OCH3 is 1. The van der Waals surface area contributed by atoms with Gasteiger partial charge in [0.25, 0.3) is 0 Å². The van der Waals surface area contributed by atoms with Gasteiger partial charge in [-0.25, -0.2) is 4.79 Å². The molecule has 2 amide bonds. The molecule has 2 aromatic rings. The number of hydrogen-bond acceptors (Lipinski definition) is 4. The Morgan fingerprint density at radius 3 is 2.74 bits per heavy atom. The van der Waals surface area contributed by atoms with Crippen LogP contribution < -0.4 is 20.1 Å². The van der Waals surface area contributed by atoms with E-state index in [1.165, 1.54) is 0 Å². The highest BCUT2D eigenvalue weighted by Gasteiger charge is 2.15. The highest BCUT2D eigenvalue weighted by molar-refractivity contribution is 5.89. The van der Waals surface area contributed by atoms with Crippen molar-refractivity contribution in [3.8, 4) is 11.5 Å². The third kappa shape index (κ3) is 3.73. The molecule has 0 fully saturated rings. The van der Waals surface area contributed by atoms with Gasteiger partial charge in [-0.3, -0.25) is 0 Å². The van der Waals surface area contributed by atoms with E-state index in [4.69, 9.17) is 14.2 Å². The Labute approximate surface area is 134 Å². The zero-order valence-electron chi connectivity index (χ0n) is 12.7. The average Bonchev–Trinajstić information content (AvgIpc) is 3.04. The first kappa shape index (κ1) is 15.2. The fourth-order valence-corrected chi connectivity index (χ4v) is 2.34. The highest BCUT2D eigenvalue weighted by atomic mass is 16.7. The Kier molecular flexibility index (Phi) is 4.63. The van der Waals surface area contributed by atoms with Gasteiger partial charge < -0.3 is 24.8 Å². The Balaban J connectivity index is 1.55. The molecule has 2 N–H and O–H groups in total. The number of hydrogen-bond donors (Lipinski definition) is 2. The van der Waals surface area contributed by atoms with Gasteiger partial charge in [0, 0.05) is 25.4 Å². The molecule has 1 aliphatic heterocycles. The lowest BCUT2D eigenvalue weighted by Crippen LogP contribution is -2.32. The first-order chi connectivity index (χ1) is 11.3. The van der Waals surface area contributed by atoms with Gasteiger partial charge in [0.2, 0.25) is 6.79 Å². The summed E-state index contributed by atoms with van der Waals surface area (Å²) in [6.45, 7) is 0.578. The molecule has 23 heavy (non-hydrogen) atoms. The number of ether oxygens (including phenoxy) is 3. The van der Waals surface area contributed by atoms with E-state index in [-0.39, 0.29) is 18.9 Å². The van der Waals surface area contributed by atoms with Crippen LogP contribution in [0.15, 0.2) is 48.5 Å². The minimum absolute atomic E-state index is 0.196. The van der Waals surface area contributed by atoms with Crippen molar-refractivity contribution in [1.29, 1.82) is 0 Å². The molecule has 6 heteroatoms. The summed E-state index contributed by atoms with van der Waals surface area (Å²) in [5, 5.41) is 5.56. The van der Waals surface area contributed by atoms with Crippen LogP contribution in [0, 0.1) is 0 Å². The summed E-state index contributed by atoms with van der Waals surface area (Å²) >= 11 is 0. The summed E-state index contributed by atoms with van der Waals surface area (Å²) in [6, 6.07) is 14.7. The summed E-state index contributed by atoms with van der Waals surface area (Å²) in [5.41, 5.74) is 1.65. The number of nitrogens with one attached hydrogen (secondary N) is 2. The molecular weight excluding hydrogens is 296 g/mol. The molecule has 0 aliphatic carbocycles. The third-order valence-electron chi connectivity index (χ3n) is 3.53. The van der Waals surface area contributed by atoms with E-state index >= 15 is 0 Å². The molecule has 2 aromatic carbocycles. The Bertz CT molecular complexity index is 676. The Morgan fingerprint density at radius 1 is 1.17 bits per heavy atom. The zero-order chi connectivity index (χ0) is 16.1. The van der Waals surface area contributed by atoms with Crippen molar-refractivity contribution in [2.24, 2.45) is 0 Å². The standard InChI is InChI=1S/C17H18N2O4/c1-21-16(12-5-3-2-4-6-12)10-18-17(20)19-13-7-8-14-15(9-13)23-11-22-14/h2-9,16H,10-11H2,1H3,(H2,18,19,20). The van der Waals surface area contributed by atoms with Crippen molar-refractivity contribution in [3.05, 3.63) is 54.1 Å². The van der Waals surface area contributed by atoms with Gasteiger partial charge in [-0.05, 0) is 17.7 Å². The molecule has 0 bridgehead atoms. The number of amides is 2. The third-order valence-corrected chi connectivity index (χ3v) is 3.53. The summed E-state index contributed by atoms with van der Waals surface area (Å²) < 4.78 is 15.9. The first-order valence-electron chi connectivity index (χ1n) is 7.28. The minimum Gasteiger partial charge on any atom is -0.454 e.